The van der Waals surface area contributed by atoms with E-state index in [1.54, 1.807) is 11.8 Å². The van der Waals surface area contributed by atoms with Gasteiger partial charge in [0, 0.05) is 5.92 Å². The molecule has 0 unspecified atom stereocenters. The first-order valence-electron chi connectivity index (χ1n) is 4.79. The van der Waals surface area contributed by atoms with Gasteiger partial charge in [0.2, 0.25) is 0 Å². The largest absolute Gasteiger partial charge is 0.298 e. The molecule has 0 heterocycles. The predicted octanol–water partition coefficient (Wildman–Crippen LogP) is 3.13. The van der Waals surface area contributed by atoms with E-state index < -0.39 is 0 Å². The summed E-state index contributed by atoms with van der Waals surface area (Å²) in [5.74, 6) is 2.45. The molecule has 0 bridgehead atoms. The van der Waals surface area contributed by atoms with E-state index in [0.717, 1.165) is 5.75 Å². The van der Waals surface area contributed by atoms with E-state index in [9.17, 15) is 4.79 Å². The first kappa shape index (κ1) is 12.0. The van der Waals surface area contributed by atoms with Gasteiger partial charge in [0.15, 0.2) is 0 Å². The van der Waals surface area contributed by atoms with E-state index in [4.69, 9.17) is 0 Å². The molecule has 0 fully saturated rings. The van der Waals surface area contributed by atoms with Gasteiger partial charge in [-0.15, -0.1) is 0 Å². The van der Waals surface area contributed by atoms with Gasteiger partial charge in [0.1, 0.15) is 5.78 Å². The lowest BCUT2D eigenvalue weighted by atomic mass is 10.1. The minimum absolute atomic E-state index is 0.212. The predicted molar refractivity (Wildman–Crippen MR) is 56.7 cm³/mol. The van der Waals surface area contributed by atoms with Crippen LogP contribution in [0.25, 0.3) is 0 Å². The van der Waals surface area contributed by atoms with Crippen molar-refractivity contribution in [2.75, 3.05) is 11.5 Å². The number of Topliss-reactive ketones (excluding diaryl/α,β-unsaturated/α-hetero) is 1. The summed E-state index contributed by atoms with van der Waals surface area (Å²) in [4.78, 5) is 11.2. The van der Waals surface area contributed by atoms with Crippen LogP contribution in [0.3, 0.4) is 0 Å². The van der Waals surface area contributed by atoms with Crippen molar-refractivity contribution in [3.05, 3.63) is 0 Å². The highest BCUT2D eigenvalue weighted by atomic mass is 32.2. The van der Waals surface area contributed by atoms with Crippen molar-refractivity contribution in [2.45, 2.75) is 40.0 Å². The van der Waals surface area contributed by atoms with E-state index in [0.29, 0.717) is 11.5 Å². The maximum atomic E-state index is 11.2. The minimum Gasteiger partial charge on any atom is -0.298 e. The molecule has 0 aliphatic carbocycles. The molecule has 0 aliphatic rings. The third kappa shape index (κ3) is 6.71. The normalized spacial score (nSPS) is 10.7. The minimum atomic E-state index is 0.212. The lowest BCUT2D eigenvalue weighted by molar-refractivity contribution is -0.119. The molecule has 0 aromatic heterocycles. The van der Waals surface area contributed by atoms with Crippen molar-refractivity contribution in [3.8, 4) is 0 Å². The van der Waals surface area contributed by atoms with E-state index in [1.165, 1.54) is 19.3 Å². The molecule has 0 aliphatic heterocycles. The van der Waals surface area contributed by atoms with Crippen molar-refractivity contribution < 1.29 is 4.79 Å². The second-order valence-corrected chi connectivity index (χ2v) is 4.49. The van der Waals surface area contributed by atoms with Gasteiger partial charge in [-0.25, -0.2) is 0 Å². The molecule has 72 valence electrons. The van der Waals surface area contributed by atoms with Crippen LogP contribution in [0, 0.1) is 5.92 Å². The Balaban J connectivity index is 3.14. The highest BCUT2D eigenvalue weighted by Crippen LogP contribution is 2.08. The summed E-state index contributed by atoms with van der Waals surface area (Å²) in [6.45, 7) is 6.13. The van der Waals surface area contributed by atoms with Crippen LogP contribution in [-0.2, 0) is 4.79 Å². The molecule has 0 amide bonds. The smallest absolute Gasteiger partial charge is 0.145 e. The zero-order valence-corrected chi connectivity index (χ0v) is 9.25. The average molecular weight is 188 g/mol. The Morgan fingerprint density at radius 3 is 2.50 bits per heavy atom. The van der Waals surface area contributed by atoms with Crippen LogP contribution in [0.2, 0.25) is 0 Å². The third-order valence-electron chi connectivity index (χ3n) is 1.78. The third-order valence-corrected chi connectivity index (χ3v) is 2.85. The van der Waals surface area contributed by atoms with Crippen molar-refractivity contribution in [1.82, 2.24) is 0 Å². The van der Waals surface area contributed by atoms with E-state index in [2.05, 4.69) is 6.92 Å². The van der Waals surface area contributed by atoms with Gasteiger partial charge in [-0.2, -0.15) is 11.8 Å². The maximum Gasteiger partial charge on any atom is 0.145 e. The van der Waals surface area contributed by atoms with Crippen LogP contribution >= 0.6 is 11.8 Å². The molecule has 1 nitrogen and oxygen atoms in total. The Kier molecular flexibility index (Phi) is 7.67. The van der Waals surface area contributed by atoms with E-state index in [-0.39, 0.29) is 5.92 Å². The average Bonchev–Trinajstić information content (AvgIpc) is 2.03. The number of carbonyl (C=O) groups excluding carboxylic acids is 1. The lowest BCUT2D eigenvalue weighted by Crippen LogP contribution is -2.09. The first-order chi connectivity index (χ1) is 5.68. The van der Waals surface area contributed by atoms with Crippen LogP contribution < -0.4 is 0 Å². The SMILES string of the molecule is CCCCCSCC(=O)C(C)C. The van der Waals surface area contributed by atoms with Crippen molar-refractivity contribution in [2.24, 2.45) is 5.92 Å². The molecule has 0 spiro atoms. The molecule has 0 N–H and O–H groups in total. The summed E-state index contributed by atoms with van der Waals surface area (Å²) in [6.07, 6.45) is 3.81. The van der Waals surface area contributed by atoms with Crippen molar-refractivity contribution in [3.63, 3.8) is 0 Å². The highest BCUT2D eigenvalue weighted by molar-refractivity contribution is 7.99. The van der Waals surface area contributed by atoms with E-state index >= 15 is 0 Å². The molecule has 0 radical (unpaired) electrons. The van der Waals surface area contributed by atoms with Crippen molar-refractivity contribution >= 4 is 17.5 Å². The molecule has 0 rings (SSSR count). The fraction of sp³-hybridized carbons (Fsp3) is 0.900. The number of hydrogen-bond acceptors (Lipinski definition) is 2. The zero-order valence-electron chi connectivity index (χ0n) is 8.43. The summed E-state index contributed by atoms with van der Waals surface area (Å²) >= 11 is 1.78. The Hall–Kier alpha value is 0.0200. The maximum absolute atomic E-state index is 11.2. The monoisotopic (exact) mass is 188 g/mol. The number of carbonyl (C=O) groups is 1. The molecule has 0 aromatic carbocycles. The van der Waals surface area contributed by atoms with Gasteiger partial charge in [-0.05, 0) is 12.2 Å². The highest BCUT2D eigenvalue weighted by Gasteiger charge is 2.05. The van der Waals surface area contributed by atoms with Gasteiger partial charge >= 0.3 is 0 Å². The number of hydrogen-bond donors (Lipinski definition) is 0. The van der Waals surface area contributed by atoms with Crippen LogP contribution in [0.1, 0.15) is 40.0 Å². The molecule has 0 saturated heterocycles. The fourth-order valence-electron chi connectivity index (χ4n) is 0.794. The number of thioether (sulfide) groups is 1. The van der Waals surface area contributed by atoms with Gasteiger partial charge < -0.3 is 0 Å². The standard InChI is InChI=1S/C10H20OS/c1-4-5-6-7-12-8-10(11)9(2)3/h9H,4-8H2,1-3H3. The van der Waals surface area contributed by atoms with Gasteiger partial charge in [0.25, 0.3) is 0 Å². The summed E-state index contributed by atoms with van der Waals surface area (Å²) < 4.78 is 0. The Bertz CT molecular complexity index is 121. The molecule has 0 atom stereocenters. The molecule has 0 saturated carbocycles. The fourth-order valence-corrected chi connectivity index (χ4v) is 1.88. The number of unbranched alkanes of at least 4 members (excludes halogenated alkanes) is 2. The Morgan fingerprint density at radius 1 is 1.33 bits per heavy atom. The quantitative estimate of drug-likeness (QED) is 0.571. The molecule has 12 heavy (non-hydrogen) atoms. The number of ketones is 1. The van der Waals surface area contributed by atoms with Crippen molar-refractivity contribution in [1.29, 1.82) is 0 Å². The van der Waals surface area contributed by atoms with Crippen LogP contribution in [0.4, 0.5) is 0 Å². The molecular weight excluding hydrogens is 168 g/mol. The van der Waals surface area contributed by atoms with Crippen LogP contribution in [0.15, 0.2) is 0 Å². The topological polar surface area (TPSA) is 17.1 Å². The summed E-state index contributed by atoms with van der Waals surface area (Å²) in [5, 5.41) is 0. The van der Waals surface area contributed by atoms with Crippen LogP contribution in [-0.4, -0.2) is 17.3 Å². The zero-order chi connectivity index (χ0) is 9.40. The lowest BCUT2D eigenvalue weighted by Gasteiger charge is -2.02. The number of rotatable bonds is 7. The van der Waals surface area contributed by atoms with Gasteiger partial charge in [-0.3, -0.25) is 4.79 Å². The Morgan fingerprint density at radius 2 is 2.00 bits per heavy atom. The first-order valence-corrected chi connectivity index (χ1v) is 5.94. The van der Waals surface area contributed by atoms with Crippen LogP contribution in [0.5, 0.6) is 0 Å². The summed E-state index contributed by atoms with van der Waals surface area (Å²) in [7, 11) is 0. The van der Waals surface area contributed by atoms with Gasteiger partial charge in [0.05, 0.1) is 5.75 Å². The second-order valence-electron chi connectivity index (χ2n) is 3.38. The molecular formula is C10H20OS. The summed E-state index contributed by atoms with van der Waals surface area (Å²) in [5.41, 5.74) is 0. The molecule has 0 aromatic rings. The Labute approximate surface area is 80.3 Å². The van der Waals surface area contributed by atoms with E-state index in [1.807, 2.05) is 13.8 Å². The summed E-state index contributed by atoms with van der Waals surface area (Å²) in [6, 6.07) is 0. The molecule has 2 heteroatoms. The van der Waals surface area contributed by atoms with Gasteiger partial charge in [-0.1, -0.05) is 33.6 Å². The second kappa shape index (κ2) is 7.66.